The van der Waals surface area contributed by atoms with Crippen LogP contribution in [0.2, 0.25) is 0 Å². The number of amides is 4. The number of carbonyl (C=O) groups excluding carboxylic acids is 3. The smallest absolute Gasteiger partial charge is 0.421 e. The van der Waals surface area contributed by atoms with Crippen LogP contribution in [-0.2, 0) is 23.9 Å². The third kappa shape index (κ3) is 5.69. The van der Waals surface area contributed by atoms with Crippen molar-refractivity contribution in [1.29, 1.82) is 0 Å². The molecule has 2 aliphatic rings. The zero-order valence-electron chi connectivity index (χ0n) is 20.9. The first kappa shape index (κ1) is 27.6. The number of piperidine rings is 1. The Labute approximate surface area is 209 Å². The van der Waals surface area contributed by atoms with Crippen molar-refractivity contribution in [3.05, 3.63) is 24.3 Å². The number of aliphatic hydroxyl groups excluding tert-OH is 1. The standard InChI is InChI=1S/C25H34N2O9/c1-24(2,3)21-25(9-8-19(29)27(22(25)31)23(32)33)16-20(30)26(21)17-4-6-18(7-5-17)36-15-14-35-13-12-34-11-10-28/h4-7,21,28H,8-16H2,1-3H3,(H,32,33). The lowest BCUT2D eigenvalue weighted by Crippen LogP contribution is -2.61. The molecule has 2 aliphatic heterocycles. The van der Waals surface area contributed by atoms with Gasteiger partial charge in [-0.25, -0.2) is 4.79 Å². The van der Waals surface area contributed by atoms with Gasteiger partial charge in [-0.15, -0.1) is 0 Å². The number of aliphatic hydroxyl groups is 1. The monoisotopic (exact) mass is 506 g/mol. The molecule has 3 rings (SSSR count). The van der Waals surface area contributed by atoms with Gasteiger partial charge in [-0.3, -0.25) is 14.4 Å². The van der Waals surface area contributed by atoms with Crippen molar-refractivity contribution in [2.45, 2.75) is 46.1 Å². The molecule has 2 heterocycles. The average Bonchev–Trinajstić information content (AvgIpc) is 3.12. The van der Waals surface area contributed by atoms with Crippen molar-refractivity contribution in [2.75, 3.05) is 44.5 Å². The minimum absolute atomic E-state index is 0.0314. The van der Waals surface area contributed by atoms with Crippen molar-refractivity contribution in [3.63, 3.8) is 0 Å². The van der Waals surface area contributed by atoms with Crippen LogP contribution in [-0.4, -0.2) is 84.6 Å². The molecule has 2 fully saturated rings. The maximum Gasteiger partial charge on any atom is 0.421 e. The van der Waals surface area contributed by atoms with Crippen molar-refractivity contribution in [1.82, 2.24) is 4.90 Å². The summed E-state index contributed by atoms with van der Waals surface area (Å²) < 4.78 is 16.2. The Morgan fingerprint density at radius 3 is 2.19 bits per heavy atom. The second kappa shape index (κ2) is 11.4. The van der Waals surface area contributed by atoms with Gasteiger partial charge in [-0.2, -0.15) is 4.90 Å². The normalized spacial score (nSPS) is 22.6. The predicted octanol–water partition coefficient (Wildman–Crippen LogP) is 2.06. The number of carboxylic acid groups (broad SMARTS) is 1. The Balaban J connectivity index is 1.73. The first-order valence-corrected chi connectivity index (χ1v) is 11.9. The third-order valence-corrected chi connectivity index (χ3v) is 6.41. The molecule has 198 valence electrons. The molecular weight excluding hydrogens is 472 g/mol. The van der Waals surface area contributed by atoms with E-state index in [0.717, 1.165) is 0 Å². The quantitative estimate of drug-likeness (QED) is 0.360. The maximum atomic E-state index is 13.4. The Hall–Kier alpha value is -3.02. The number of nitrogens with zero attached hydrogens (tertiary/aromatic N) is 2. The summed E-state index contributed by atoms with van der Waals surface area (Å²) >= 11 is 0. The molecule has 2 atom stereocenters. The van der Waals surface area contributed by atoms with E-state index in [2.05, 4.69) is 0 Å². The highest BCUT2D eigenvalue weighted by Crippen LogP contribution is 2.53. The van der Waals surface area contributed by atoms with Crippen LogP contribution in [0.25, 0.3) is 0 Å². The number of benzene rings is 1. The molecule has 0 aromatic heterocycles. The molecule has 1 spiro atoms. The number of anilines is 1. The molecule has 2 unspecified atom stereocenters. The van der Waals surface area contributed by atoms with Gasteiger partial charge in [0, 0.05) is 18.5 Å². The zero-order valence-corrected chi connectivity index (χ0v) is 20.9. The molecule has 1 aromatic carbocycles. The molecule has 2 saturated heterocycles. The summed E-state index contributed by atoms with van der Waals surface area (Å²) in [6.45, 7) is 7.36. The highest BCUT2D eigenvalue weighted by Gasteiger charge is 2.64. The second-order valence-corrected chi connectivity index (χ2v) is 9.97. The van der Waals surface area contributed by atoms with Gasteiger partial charge >= 0.3 is 6.09 Å². The Morgan fingerprint density at radius 1 is 1.00 bits per heavy atom. The first-order chi connectivity index (χ1) is 17.0. The van der Waals surface area contributed by atoms with Crippen molar-refractivity contribution >= 4 is 29.5 Å². The summed E-state index contributed by atoms with van der Waals surface area (Å²) in [7, 11) is 0. The van der Waals surface area contributed by atoms with Crippen molar-refractivity contribution in [2.24, 2.45) is 10.8 Å². The lowest BCUT2D eigenvalue weighted by Gasteiger charge is -2.46. The van der Waals surface area contributed by atoms with E-state index < -0.39 is 34.8 Å². The van der Waals surface area contributed by atoms with Gasteiger partial charge in [-0.1, -0.05) is 20.8 Å². The SMILES string of the molecule is CC(C)(C)C1N(c2ccc(OCCOCCOCCO)cc2)C(=O)CC12CCC(=O)N(C(=O)O)C2=O. The van der Waals surface area contributed by atoms with E-state index in [1.165, 1.54) is 0 Å². The number of ether oxygens (including phenoxy) is 3. The Kier molecular flexibility index (Phi) is 8.70. The zero-order chi connectivity index (χ0) is 26.5. The van der Waals surface area contributed by atoms with Crippen LogP contribution in [0.5, 0.6) is 5.75 Å². The van der Waals surface area contributed by atoms with Crippen LogP contribution >= 0.6 is 0 Å². The Bertz CT molecular complexity index is 973. The van der Waals surface area contributed by atoms with Gasteiger partial charge < -0.3 is 29.3 Å². The van der Waals surface area contributed by atoms with Gasteiger partial charge in [0.2, 0.25) is 17.7 Å². The Morgan fingerprint density at radius 2 is 1.61 bits per heavy atom. The van der Waals surface area contributed by atoms with Gasteiger partial charge in [0.15, 0.2) is 0 Å². The van der Waals surface area contributed by atoms with Crippen LogP contribution in [0.1, 0.15) is 40.0 Å². The number of hydrogen-bond acceptors (Lipinski definition) is 8. The lowest BCUT2D eigenvalue weighted by atomic mass is 9.64. The fourth-order valence-electron chi connectivity index (χ4n) is 5.16. The number of likely N-dealkylation sites (tertiary alicyclic amines) is 1. The minimum Gasteiger partial charge on any atom is -0.491 e. The summed E-state index contributed by atoms with van der Waals surface area (Å²) in [5, 5.41) is 18.1. The molecule has 4 amide bonds. The van der Waals surface area contributed by atoms with Gasteiger partial charge in [0.05, 0.1) is 44.5 Å². The molecule has 36 heavy (non-hydrogen) atoms. The van der Waals surface area contributed by atoms with Crippen LogP contribution < -0.4 is 9.64 Å². The van der Waals surface area contributed by atoms with E-state index in [1.807, 2.05) is 20.8 Å². The van der Waals surface area contributed by atoms with Crippen LogP contribution in [0, 0.1) is 10.8 Å². The summed E-state index contributed by atoms with van der Waals surface area (Å²) in [5.41, 5.74) is -1.33. The van der Waals surface area contributed by atoms with E-state index in [1.54, 1.807) is 29.2 Å². The number of rotatable bonds is 10. The highest BCUT2D eigenvalue weighted by molar-refractivity contribution is 6.15. The molecule has 0 aliphatic carbocycles. The summed E-state index contributed by atoms with van der Waals surface area (Å²) in [6.07, 6.45) is -1.78. The van der Waals surface area contributed by atoms with Gasteiger partial charge in [-0.05, 0) is 36.1 Å². The topological polar surface area (TPSA) is 143 Å². The van der Waals surface area contributed by atoms with E-state index in [4.69, 9.17) is 19.3 Å². The van der Waals surface area contributed by atoms with Crippen molar-refractivity contribution < 1.29 is 43.6 Å². The largest absolute Gasteiger partial charge is 0.491 e. The van der Waals surface area contributed by atoms with Gasteiger partial charge in [0.1, 0.15) is 12.4 Å². The average molecular weight is 507 g/mol. The van der Waals surface area contributed by atoms with Gasteiger partial charge in [0.25, 0.3) is 0 Å². The van der Waals surface area contributed by atoms with E-state index >= 15 is 0 Å². The third-order valence-electron chi connectivity index (χ3n) is 6.41. The predicted molar refractivity (Wildman–Crippen MR) is 128 cm³/mol. The van der Waals surface area contributed by atoms with Crippen LogP contribution in [0.4, 0.5) is 10.5 Å². The molecule has 1 aromatic rings. The van der Waals surface area contributed by atoms with Crippen LogP contribution in [0.15, 0.2) is 24.3 Å². The van der Waals surface area contributed by atoms with E-state index in [0.29, 0.717) is 37.9 Å². The summed E-state index contributed by atoms with van der Waals surface area (Å²) in [5.74, 6) is -1.32. The lowest BCUT2D eigenvalue weighted by molar-refractivity contribution is -0.156. The number of imide groups is 3. The second-order valence-electron chi connectivity index (χ2n) is 9.97. The fourth-order valence-corrected chi connectivity index (χ4v) is 5.16. The summed E-state index contributed by atoms with van der Waals surface area (Å²) in [6, 6.07) is 6.23. The fraction of sp³-hybridized carbons (Fsp3) is 0.600. The minimum atomic E-state index is -1.62. The molecule has 11 heteroatoms. The van der Waals surface area contributed by atoms with E-state index in [9.17, 15) is 24.3 Å². The number of hydrogen-bond donors (Lipinski definition) is 2. The molecule has 0 saturated carbocycles. The molecule has 0 radical (unpaired) electrons. The number of carbonyl (C=O) groups is 4. The maximum absolute atomic E-state index is 13.4. The summed E-state index contributed by atoms with van der Waals surface area (Å²) in [4.78, 5) is 52.4. The molecular formula is C25H34N2O9. The molecule has 0 bridgehead atoms. The highest BCUT2D eigenvalue weighted by atomic mass is 16.5. The molecule has 11 nitrogen and oxygen atoms in total. The first-order valence-electron chi connectivity index (χ1n) is 11.9. The molecule has 2 N–H and O–H groups in total. The van der Waals surface area contributed by atoms with Crippen molar-refractivity contribution in [3.8, 4) is 5.75 Å². The van der Waals surface area contributed by atoms with E-state index in [-0.39, 0.29) is 43.3 Å². The van der Waals surface area contributed by atoms with Crippen LogP contribution in [0.3, 0.4) is 0 Å².